The zero-order valence-corrected chi connectivity index (χ0v) is 15.9. The Labute approximate surface area is 171 Å². The van der Waals surface area contributed by atoms with E-state index >= 15 is 0 Å². The lowest BCUT2D eigenvalue weighted by atomic mass is 9.99. The highest BCUT2D eigenvalue weighted by Crippen LogP contribution is 2.31. The summed E-state index contributed by atoms with van der Waals surface area (Å²) < 4.78 is 19.0. The summed E-state index contributed by atoms with van der Waals surface area (Å²) in [6.45, 7) is 0.491. The number of hydrogen-bond donors (Lipinski definition) is 0. The summed E-state index contributed by atoms with van der Waals surface area (Å²) in [6, 6.07) is 12.3. The number of benzene rings is 2. The normalized spacial score (nSPS) is 15.4. The summed E-state index contributed by atoms with van der Waals surface area (Å²) in [5, 5.41) is 0. The quantitative estimate of drug-likeness (QED) is 0.623. The number of nitrogens with zero attached hydrogens (tertiary/aromatic N) is 2. The molecule has 0 radical (unpaired) electrons. The number of amides is 3. The number of carbonyl (C=O) groups is 3. The van der Waals surface area contributed by atoms with Gasteiger partial charge in [0.05, 0.1) is 29.6 Å². The van der Waals surface area contributed by atoms with Crippen LogP contribution in [0, 0.1) is 5.82 Å². The molecule has 150 valence electrons. The number of halogens is 1. The zero-order chi connectivity index (χ0) is 20.8. The maximum absolute atomic E-state index is 13.8. The van der Waals surface area contributed by atoms with E-state index in [0.717, 1.165) is 23.3 Å². The average Bonchev–Trinajstić information content (AvgIpc) is 3.35. The number of furan rings is 1. The fourth-order valence-corrected chi connectivity index (χ4v) is 4.04. The molecule has 0 spiro atoms. The molecule has 0 saturated heterocycles. The van der Waals surface area contributed by atoms with Crippen LogP contribution in [0.1, 0.15) is 48.8 Å². The Morgan fingerprint density at radius 1 is 1.03 bits per heavy atom. The maximum Gasteiger partial charge on any atom is 0.261 e. The van der Waals surface area contributed by atoms with Gasteiger partial charge < -0.3 is 9.32 Å². The van der Waals surface area contributed by atoms with Crippen LogP contribution in [0.25, 0.3) is 0 Å². The molecule has 2 aliphatic rings. The fraction of sp³-hybridized carbons (Fsp3) is 0.174. The third-order valence-corrected chi connectivity index (χ3v) is 5.52. The fourth-order valence-electron chi connectivity index (χ4n) is 4.04. The molecule has 2 aromatic carbocycles. The lowest BCUT2D eigenvalue weighted by molar-refractivity contribution is 0.0631. The van der Waals surface area contributed by atoms with Gasteiger partial charge in [-0.25, -0.2) is 4.39 Å². The molecule has 0 atom stereocenters. The smallest absolute Gasteiger partial charge is 0.261 e. The van der Waals surface area contributed by atoms with E-state index < -0.39 is 17.6 Å². The molecule has 3 aromatic rings. The van der Waals surface area contributed by atoms with Gasteiger partial charge in [0, 0.05) is 12.1 Å². The maximum atomic E-state index is 13.8. The zero-order valence-electron chi connectivity index (χ0n) is 15.9. The first-order valence-electron chi connectivity index (χ1n) is 9.66. The summed E-state index contributed by atoms with van der Waals surface area (Å²) >= 11 is 0. The van der Waals surface area contributed by atoms with Gasteiger partial charge in [0.1, 0.15) is 11.6 Å². The molecular weight excluding hydrogens is 387 g/mol. The van der Waals surface area contributed by atoms with Crippen LogP contribution < -0.4 is 4.90 Å². The highest BCUT2D eigenvalue weighted by Gasteiger charge is 2.37. The minimum absolute atomic E-state index is 0.0292. The molecule has 0 aliphatic carbocycles. The van der Waals surface area contributed by atoms with Crippen molar-refractivity contribution in [3.05, 3.63) is 88.6 Å². The molecule has 0 fully saturated rings. The Kier molecular flexibility index (Phi) is 4.24. The lowest BCUT2D eigenvalue weighted by Gasteiger charge is -2.29. The number of aryl methyl sites for hydroxylation is 1. The van der Waals surface area contributed by atoms with E-state index in [1.54, 1.807) is 18.2 Å². The van der Waals surface area contributed by atoms with Gasteiger partial charge in [0.15, 0.2) is 0 Å². The van der Waals surface area contributed by atoms with Gasteiger partial charge in [0.25, 0.3) is 17.7 Å². The van der Waals surface area contributed by atoms with Crippen molar-refractivity contribution in [1.82, 2.24) is 4.90 Å². The van der Waals surface area contributed by atoms with Crippen molar-refractivity contribution in [1.29, 1.82) is 0 Å². The van der Waals surface area contributed by atoms with Gasteiger partial charge in [0.2, 0.25) is 0 Å². The summed E-state index contributed by atoms with van der Waals surface area (Å²) in [6.07, 6.45) is 3.02. The molecule has 6 nitrogen and oxygen atoms in total. The first kappa shape index (κ1) is 18.3. The highest BCUT2D eigenvalue weighted by molar-refractivity contribution is 6.22. The summed E-state index contributed by atoms with van der Waals surface area (Å²) in [4.78, 5) is 41.3. The molecule has 3 heterocycles. The van der Waals surface area contributed by atoms with Crippen molar-refractivity contribution in [2.45, 2.75) is 19.4 Å². The lowest BCUT2D eigenvalue weighted by Crippen LogP contribution is -2.35. The third-order valence-electron chi connectivity index (χ3n) is 5.52. The van der Waals surface area contributed by atoms with Crippen LogP contribution in [0.15, 0.2) is 59.2 Å². The molecular formula is C23H17FN2O4. The minimum Gasteiger partial charge on any atom is -0.467 e. The van der Waals surface area contributed by atoms with Gasteiger partial charge in [-0.15, -0.1) is 0 Å². The number of anilines is 1. The van der Waals surface area contributed by atoms with Crippen molar-refractivity contribution in [2.24, 2.45) is 0 Å². The Balaban J connectivity index is 1.46. The largest absolute Gasteiger partial charge is 0.467 e. The predicted octanol–water partition coefficient (Wildman–Crippen LogP) is 3.81. The predicted molar refractivity (Wildman–Crippen MR) is 106 cm³/mol. The van der Waals surface area contributed by atoms with E-state index in [0.29, 0.717) is 18.0 Å². The number of fused-ring (bicyclic) bond motifs is 2. The number of hydrogen-bond acceptors (Lipinski definition) is 4. The molecule has 5 rings (SSSR count). The van der Waals surface area contributed by atoms with Crippen LogP contribution >= 0.6 is 0 Å². The molecule has 0 N–H and O–H groups in total. The Bertz CT molecular complexity index is 1190. The molecule has 2 aliphatic heterocycles. The monoisotopic (exact) mass is 404 g/mol. The summed E-state index contributed by atoms with van der Waals surface area (Å²) in [5.41, 5.74) is 2.19. The summed E-state index contributed by atoms with van der Waals surface area (Å²) in [7, 11) is 0. The first-order valence-corrected chi connectivity index (χ1v) is 9.66. The van der Waals surface area contributed by atoms with Crippen molar-refractivity contribution in [2.75, 3.05) is 11.4 Å². The van der Waals surface area contributed by atoms with Crippen LogP contribution in [0.3, 0.4) is 0 Å². The Hall–Kier alpha value is -3.74. The highest BCUT2D eigenvalue weighted by atomic mass is 19.1. The van der Waals surface area contributed by atoms with E-state index in [4.69, 9.17) is 4.42 Å². The van der Waals surface area contributed by atoms with E-state index in [1.165, 1.54) is 41.5 Å². The second-order valence-corrected chi connectivity index (χ2v) is 7.37. The molecule has 30 heavy (non-hydrogen) atoms. The standard InChI is InChI=1S/C23H17FN2O4/c24-16-7-5-14-3-1-9-25(20(14)12-16)21(27)15-6-8-18-19(11-15)23(29)26(22(18)28)13-17-4-2-10-30-17/h2,4-8,10-12H,1,3,9,13H2. The molecule has 0 unspecified atom stereocenters. The molecule has 0 bridgehead atoms. The topological polar surface area (TPSA) is 70.8 Å². The van der Waals surface area contributed by atoms with Gasteiger partial charge in [-0.2, -0.15) is 0 Å². The molecule has 0 saturated carbocycles. The van der Waals surface area contributed by atoms with E-state index in [-0.39, 0.29) is 29.1 Å². The van der Waals surface area contributed by atoms with E-state index in [2.05, 4.69) is 0 Å². The third kappa shape index (κ3) is 2.90. The van der Waals surface area contributed by atoms with Crippen LogP contribution in [0.5, 0.6) is 0 Å². The number of imide groups is 1. The van der Waals surface area contributed by atoms with Crippen LogP contribution in [-0.2, 0) is 13.0 Å². The Morgan fingerprint density at radius 3 is 2.67 bits per heavy atom. The van der Waals surface area contributed by atoms with Crippen LogP contribution in [0.2, 0.25) is 0 Å². The SMILES string of the molecule is O=C1c2ccc(C(=O)N3CCCc4ccc(F)cc43)cc2C(=O)N1Cc1ccco1. The van der Waals surface area contributed by atoms with Crippen molar-refractivity contribution in [3.8, 4) is 0 Å². The van der Waals surface area contributed by atoms with Gasteiger partial charge in [-0.05, 0) is 60.9 Å². The average molecular weight is 404 g/mol. The second kappa shape index (κ2) is 6.95. The Morgan fingerprint density at radius 2 is 1.87 bits per heavy atom. The van der Waals surface area contributed by atoms with Gasteiger partial charge in [-0.3, -0.25) is 19.3 Å². The van der Waals surface area contributed by atoms with Crippen molar-refractivity contribution >= 4 is 23.4 Å². The van der Waals surface area contributed by atoms with E-state index in [1.807, 2.05) is 0 Å². The molecule has 7 heteroatoms. The number of carbonyl (C=O) groups excluding carboxylic acids is 3. The van der Waals surface area contributed by atoms with Crippen molar-refractivity contribution < 1.29 is 23.2 Å². The van der Waals surface area contributed by atoms with Gasteiger partial charge >= 0.3 is 0 Å². The number of rotatable bonds is 3. The van der Waals surface area contributed by atoms with E-state index in [9.17, 15) is 18.8 Å². The summed E-state index contributed by atoms with van der Waals surface area (Å²) in [5.74, 6) is -1.12. The van der Waals surface area contributed by atoms with Crippen LogP contribution in [-0.4, -0.2) is 29.2 Å². The van der Waals surface area contributed by atoms with Crippen molar-refractivity contribution in [3.63, 3.8) is 0 Å². The van der Waals surface area contributed by atoms with Gasteiger partial charge in [-0.1, -0.05) is 6.07 Å². The molecule has 1 aromatic heterocycles. The van der Waals surface area contributed by atoms with Crippen LogP contribution in [0.4, 0.5) is 10.1 Å². The molecule has 3 amide bonds. The first-order chi connectivity index (χ1) is 14.5. The minimum atomic E-state index is -0.467. The second-order valence-electron chi connectivity index (χ2n) is 7.37.